The lowest BCUT2D eigenvalue weighted by Gasteiger charge is -2.32. The zero-order valence-electron chi connectivity index (χ0n) is 15.2. The average molecular weight is 399 g/mol. The summed E-state index contributed by atoms with van der Waals surface area (Å²) in [6, 6.07) is 3.98. The van der Waals surface area contributed by atoms with Crippen LogP contribution in [0.15, 0.2) is 24.4 Å². The maximum Gasteiger partial charge on any atom is 0.432 e. The minimum Gasteiger partial charge on any atom is -0.485 e. The van der Waals surface area contributed by atoms with E-state index in [2.05, 4.69) is 26.8 Å². The van der Waals surface area contributed by atoms with Crippen molar-refractivity contribution in [3.8, 4) is 17.1 Å². The second-order valence-electron chi connectivity index (χ2n) is 6.58. The molecule has 28 heavy (non-hydrogen) atoms. The van der Waals surface area contributed by atoms with E-state index in [4.69, 9.17) is 4.74 Å². The second kappa shape index (κ2) is 8.15. The Morgan fingerprint density at radius 1 is 1.29 bits per heavy atom. The van der Waals surface area contributed by atoms with Crippen molar-refractivity contribution >= 4 is 5.69 Å². The number of nitro benzene ring substituents is 1. The molecule has 0 radical (unpaired) electrons. The van der Waals surface area contributed by atoms with Crippen LogP contribution in [0.1, 0.15) is 5.69 Å². The zero-order valence-corrected chi connectivity index (χ0v) is 15.2. The molecule has 1 aliphatic rings. The zero-order chi connectivity index (χ0) is 20.3. The number of rotatable bonds is 6. The predicted molar refractivity (Wildman–Crippen MR) is 95.1 cm³/mol. The first-order valence-electron chi connectivity index (χ1n) is 8.69. The Hall–Kier alpha value is -2.66. The topological polar surface area (TPSA) is 87.5 Å². The van der Waals surface area contributed by atoms with Crippen molar-refractivity contribution in [2.45, 2.75) is 6.18 Å². The van der Waals surface area contributed by atoms with E-state index in [1.807, 2.05) is 0 Å². The average Bonchev–Trinajstić information content (AvgIpc) is 3.14. The molecule has 1 aromatic carbocycles. The van der Waals surface area contributed by atoms with Gasteiger partial charge in [-0.25, -0.2) is 4.98 Å². The number of alkyl halides is 3. The first-order chi connectivity index (χ1) is 13.2. The number of H-pyrrole nitrogens is 1. The number of aromatic amines is 1. The van der Waals surface area contributed by atoms with Crippen LogP contribution in [0, 0.1) is 10.1 Å². The van der Waals surface area contributed by atoms with Crippen LogP contribution in [0.2, 0.25) is 0 Å². The Bertz CT molecular complexity index is 832. The summed E-state index contributed by atoms with van der Waals surface area (Å²) in [5, 5.41) is 11.4. The highest BCUT2D eigenvalue weighted by Gasteiger charge is 2.33. The van der Waals surface area contributed by atoms with E-state index in [1.54, 1.807) is 0 Å². The molecular weight excluding hydrogens is 379 g/mol. The van der Waals surface area contributed by atoms with Crippen molar-refractivity contribution in [2.75, 3.05) is 46.4 Å². The molecule has 1 aliphatic heterocycles. The molecule has 0 spiro atoms. The van der Waals surface area contributed by atoms with Gasteiger partial charge in [0.05, 0.1) is 11.1 Å². The Kier molecular flexibility index (Phi) is 5.84. The molecule has 1 N–H and O–H groups in total. The second-order valence-corrected chi connectivity index (χ2v) is 6.58. The number of likely N-dealkylation sites (N-methyl/N-ethyl adjacent to an activating group) is 1. The van der Waals surface area contributed by atoms with Crippen LogP contribution in [0.5, 0.6) is 5.75 Å². The van der Waals surface area contributed by atoms with Gasteiger partial charge >= 0.3 is 11.9 Å². The van der Waals surface area contributed by atoms with E-state index in [9.17, 15) is 23.3 Å². The van der Waals surface area contributed by atoms with Crippen LogP contribution in [0.4, 0.5) is 18.9 Å². The molecule has 152 valence electrons. The fourth-order valence-electron chi connectivity index (χ4n) is 2.90. The molecule has 1 saturated heterocycles. The molecule has 3 rings (SSSR count). The highest BCUT2D eigenvalue weighted by atomic mass is 19.4. The maximum absolute atomic E-state index is 12.7. The fourth-order valence-corrected chi connectivity index (χ4v) is 2.90. The summed E-state index contributed by atoms with van der Waals surface area (Å²) in [5.74, 6) is -0.0232. The molecule has 1 aromatic heterocycles. The van der Waals surface area contributed by atoms with Gasteiger partial charge in [0.1, 0.15) is 18.1 Å². The monoisotopic (exact) mass is 399 g/mol. The van der Waals surface area contributed by atoms with Gasteiger partial charge in [-0.15, -0.1) is 0 Å². The molecule has 8 nitrogen and oxygen atoms in total. The number of benzene rings is 1. The van der Waals surface area contributed by atoms with Crippen molar-refractivity contribution in [2.24, 2.45) is 0 Å². The Balaban J connectivity index is 1.69. The van der Waals surface area contributed by atoms with Gasteiger partial charge < -0.3 is 14.6 Å². The van der Waals surface area contributed by atoms with Crippen molar-refractivity contribution in [3.63, 3.8) is 0 Å². The van der Waals surface area contributed by atoms with Gasteiger partial charge in [0.2, 0.25) is 0 Å². The summed E-state index contributed by atoms with van der Waals surface area (Å²) >= 11 is 0. The summed E-state index contributed by atoms with van der Waals surface area (Å²) in [6.07, 6.45) is -3.91. The van der Waals surface area contributed by atoms with E-state index in [0.717, 1.165) is 32.2 Å². The SMILES string of the molecule is CN1CCN(CCOc2ccc(-c3ncc(C(F)(F)F)[nH]3)cc2[N+](=O)[O-])CC1. The van der Waals surface area contributed by atoms with Crippen LogP contribution in [-0.2, 0) is 6.18 Å². The number of hydrogen-bond acceptors (Lipinski definition) is 6. The van der Waals surface area contributed by atoms with Crippen LogP contribution >= 0.6 is 0 Å². The van der Waals surface area contributed by atoms with Gasteiger partial charge in [-0.3, -0.25) is 15.0 Å². The number of hydrogen-bond donors (Lipinski definition) is 1. The number of nitrogens with zero attached hydrogens (tertiary/aromatic N) is 4. The standard InChI is InChI=1S/C17H20F3N5O3/c1-23-4-6-24(7-5-23)8-9-28-14-3-2-12(10-13(14)25(26)27)16-21-11-15(22-16)17(18,19)20/h2-3,10-11H,4-9H2,1H3,(H,21,22). The van der Waals surface area contributed by atoms with Crippen molar-refractivity contribution in [1.82, 2.24) is 19.8 Å². The number of piperazine rings is 1. The third-order valence-corrected chi connectivity index (χ3v) is 4.57. The molecule has 0 unspecified atom stereocenters. The summed E-state index contributed by atoms with van der Waals surface area (Å²) in [7, 11) is 2.05. The molecule has 0 saturated carbocycles. The van der Waals surface area contributed by atoms with Crippen molar-refractivity contribution in [3.05, 3.63) is 40.2 Å². The quantitative estimate of drug-likeness (QED) is 0.594. The molecular formula is C17H20F3N5O3. The lowest BCUT2D eigenvalue weighted by Crippen LogP contribution is -2.45. The highest BCUT2D eigenvalue weighted by molar-refractivity contribution is 5.63. The van der Waals surface area contributed by atoms with Gasteiger partial charge in [0, 0.05) is 44.4 Å². The molecule has 0 atom stereocenters. The van der Waals surface area contributed by atoms with Gasteiger partial charge in [0.25, 0.3) is 0 Å². The smallest absolute Gasteiger partial charge is 0.432 e. The number of nitrogens with one attached hydrogen (secondary N) is 1. The molecule has 2 heterocycles. The Labute approximate surface area is 159 Å². The number of nitro groups is 1. The predicted octanol–water partition coefficient (Wildman–Crippen LogP) is 2.63. The molecule has 1 fully saturated rings. The van der Waals surface area contributed by atoms with E-state index >= 15 is 0 Å². The van der Waals surface area contributed by atoms with Crippen LogP contribution < -0.4 is 4.74 Å². The summed E-state index contributed by atoms with van der Waals surface area (Å²) in [4.78, 5) is 21.0. The molecule has 2 aromatic rings. The number of aromatic nitrogens is 2. The van der Waals surface area contributed by atoms with Gasteiger partial charge in [0.15, 0.2) is 5.75 Å². The molecule has 11 heteroatoms. The lowest BCUT2D eigenvalue weighted by molar-refractivity contribution is -0.385. The number of halogens is 3. The molecule has 0 amide bonds. The van der Waals surface area contributed by atoms with Gasteiger partial charge in [-0.05, 0) is 19.2 Å². The minimum atomic E-state index is -4.57. The van der Waals surface area contributed by atoms with Crippen molar-refractivity contribution < 1.29 is 22.8 Å². The highest BCUT2D eigenvalue weighted by Crippen LogP contribution is 2.33. The summed E-state index contributed by atoms with van der Waals surface area (Å²) in [6.45, 7) is 4.64. The van der Waals surface area contributed by atoms with Crippen LogP contribution in [0.25, 0.3) is 11.4 Å². The maximum atomic E-state index is 12.7. The number of ether oxygens (including phenoxy) is 1. The largest absolute Gasteiger partial charge is 0.485 e. The van der Waals surface area contributed by atoms with E-state index in [0.29, 0.717) is 12.7 Å². The molecule has 0 bridgehead atoms. The Morgan fingerprint density at radius 2 is 2.00 bits per heavy atom. The lowest BCUT2D eigenvalue weighted by atomic mass is 10.2. The van der Waals surface area contributed by atoms with Crippen LogP contribution in [0.3, 0.4) is 0 Å². The first kappa shape index (κ1) is 20.1. The van der Waals surface area contributed by atoms with E-state index < -0.39 is 16.8 Å². The first-order valence-corrected chi connectivity index (χ1v) is 8.69. The Morgan fingerprint density at radius 3 is 2.61 bits per heavy atom. The summed E-state index contributed by atoms with van der Waals surface area (Å²) < 4.78 is 43.7. The normalized spacial score (nSPS) is 16.3. The van der Waals surface area contributed by atoms with Crippen molar-refractivity contribution in [1.29, 1.82) is 0 Å². The third kappa shape index (κ3) is 4.78. The van der Waals surface area contributed by atoms with Gasteiger partial charge in [-0.2, -0.15) is 13.2 Å². The van der Waals surface area contributed by atoms with E-state index in [-0.39, 0.29) is 29.4 Å². The van der Waals surface area contributed by atoms with E-state index in [1.165, 1.54) is 12.1 Å². The minimum absolute atomic E-state index is 0.0745. The number of imidazole rings is 1. The summed E-state index contributed by atoms with van der Waals surface area (Å²) in [5.41, 5.74) is -1.16. The fraction of sp³-hybridized carbons (Fsp3) is 0.471. The molecule has 0 aliphatic carbocycles. The van der Waals surface area contributed by atoms with Gasteiger partial charge in [-0.1, -0.05) is 0 Å². The third-order valence-electron chi connectivity index (χ3n) is 4.57. The van der Waals surface area contributed by atoms with Crippen LogP contribution in [-0.4, -0.2) is 71.1 Å².